The van der Waals surface area contributed by atoms with Crippen molar-refractivity contribution < 1.29 is 0 Å². The third kappa shape index (κ3) is 1.45. The van der Waals surface area contributed by atoms with Crippen molar-refractivity contribution in [2.45, 2.75) is 25.3 Å². The van der Waals surface area contributed by atoms with Crippen molar-refractivity contribution in [2.24, 2.45) is 5.92 Å². The maximum Gasteiger partial charge on any atom is 0.109 e. The monoisotopic (exact) mass is 179 g/mol. The molecule has 0 unspecified atom stereocenters. The molecule has 0 aromatic heterocycles. The Balaban J connectivity index is 2.01. The zero-order valence-corrected chi connectivity index (χ0v) is 8.21. The molecule has 1 aliphatic carbocycles. The van der Waals surface area contributed by atoms with Crippen LogP contribution in [-0.2, 0) is 0 Å². The van der Waals surface area contributed by atoms with Crippen LogP contribution in [0.3, 0.4) is 0 Å². The van der Waals surface area contributed by atoms with E-state index in [-0.39, 0.29) is 5.54 Å². The second kappa shape index (κ2) is 3.28. The highest BCUT2D eigenvalue weighted by molar-refractivity contribution is 5.16. The Morgan fingerprint density at radius 2 is 2.00 bits per heavy atom. The van der Waals surface area contributed by atoms with E-state index in [2.05, 4.69) is 23.2 Å². The van der Waals surface area contributed by atoms with Crippen molar-refractivity contribution in [1.82, 2.24) is 10.2 Å². The molecule has 1 saturated carbocycles. The molecular formula is C10H17N3. The SMILES string of the molecule is CC1CC(C#N)(N2CCNCC2)C1. The summed E-state index contributed by atoms with van der Waals surface area (Å²) in [6.45, 7) is 6.40. The molecule has 3 heteroatoms. The minimum atomic E-state index is -0.0957. The van der Waals surface area contributed by atoms with Gasteiger partial charge in [-0.3, -0.25) is 4.90 Å². The van der Waals surface area contributed by atoms with Crippen LogP contribution in [0.4, 0.5) is 0 Å². The normalized spacial score (nSPS) is 40.8. The van der Waals surface area contributed by atoms with Crippen LogP contribution in [0.2, 0.25) is 0 Å². The second-order valence-corrected chi connectivity index (χ2v) is 4.39. The van der Waals surface area contributed by atoms with E-state index >= 15 is 0 Å². The highest BCUT2D eigenvalue weighted by atomic mass is 15.2. The number of piperazine rings is 1. The minimum absolute atomic E-state index is 0.0957. The van der Waals surface area contributed by atoms with Crippen molar-refractivity contribution in [3.63, 3.8) is 0 Å². The van der Waals surface area contributed by atoms with Gasteiger partial charge in [0.25, 0.3) is 0 Å². The van der Waals surface area contributed by atoms with Gasteiger partial charge < -0.3 is 5.32 Å². The Morgan fingerprint density at radius 1 is 1.38 bits per heavy atom. The number of nitrogens with zero attached hydrogens (tertiary/aromatic N) is 2. The summed E-state index contributed by atoms with van der Waals surface area (Å²) in [7, 11) is 0. The molecule has 0 bridgehead atoms. The quantitative estimate of drug-likeness (QED) is 0.640. The zero-order valence-electron chi connectivity index (χ0n) is 8.21. The first kappa shape index (κ1) is 8.98. The predicted octanol–water partition coefficient (Wildman–Crippen LogP) is 0.584. The van der Waals surface area contributed by atoms with Crippen LogP contribution in [0.1, 0.15) is 19.8 Å². The van der Waals surface area contributed by atoms with Crippen molar-refractivity contribution in [3.05, 3.63) is 0 Å². The lowest BCUT2D eigenvalue weighted by atomic mass is 9.69. The Labute approximate surface area is 79.7 Å². The van der Waals surface area contributed by atoms with Crippen LogP contribution in [0.15, 0.2) is 0 Å². The average Bonchev–Trinajstić information content (AvgIpc) is 2.14. The van der Waals surface area contributed by atoms with E-state index < -0.39 is 0 Å². The topological polar surface area (TPSA) is 39.1 Å². The van der Waals surface area contributed by atoms with E-state index in [4.69, 9.17) is 0 Å². The molecular weight excluding hydrogens is 162 g/mol. The van der Waals surface area contributed by atoms with Gasteiger partial charge in [-0.15, -0.1) is 0 Å². The third-order valence-corrected chi connectivity index (χ3v) is 3.30. The maximum atomic E-state index is 9.19. The smallest absolute Gasteiger partial charge is 0.109 e. The Morgan fingerprint density at radius 3 is 2.46 bits per heavy atom. The summed E-state index contributed by atoms with van der Waals surface area (Å²) < 4.78 is 0. The number of hydrogen-bond acceptors (Lipinski definition) is 3. The van der Waals surface area contributed by atoms with E-state index in [0.29, 0.717) is 0 Å². The lowest BCUT2D eigenvalue weighted by molar-refractivity contribution is 0.0181. The molecule has 2 fully saturated rings. The summed E-state index contributed by atoms with van der Waals surface area (Å²) in [5.74, 6) is 0.745. The van der Waals surface area contributed by atoms with Gasteiger partial charge in [0.15, 0.2) is 0 Å². The van der Waals surface area contributed by atoms with Crippen molar-refractivity contribution in [1.29, 1.82) is 5.26 Å². The van der Waals surface area contributed by atoms with Gasteiger partial charge in [-0.25, -0.2) is 0 Å². The van der Waals surface area contributed by atoms with E-state index in [1.807, 2.05) is 0 Å². The lowest BCUT2D eigenvalue weighted by Crippen LogP contribution is -2.61. The van der Waals surface area contributed by atoms with E-state index in [1.54, 1.807) is 0 Å². The average molecular weight is 179 g/mol. The number of rotatable bonds is 1. The number of hydrogen-bond donors (Lipinski definition) is 1. The van der Waals surface area contributed by atoms with Gasteiger partial charge >= 0.3 is 0 Å². The molecule has 0 aromatic carbocycles. The second-order valence-electron chi connectivity index (χ2n) is 4.39. The highest BCUT2D eigenvalue weighted by Crippen LogP contribution is 2.41. The molecule has 1 heterocycles. The van der Waals surface area contributed by atoms with Crippen LogP contribution in [0.25, 0.3) is 0 Å². The van der Waals surface area contributed by atoms with Crippen LogP contribution in [0, 0.1) is 17.2 Å². The van der Waals surface area contributed by atoms with Crippen molar-refractivity contribution in [3.8, 4) is 6.07 Å². The number of nitriles is 1. The fourth-order valence-corrected chi connectivity index (χ4v) is 2.61. The Bertz CT molecular complexity index is 219. The van der Waals surface area contributed by atoms with Crippen molar-refractivity contribution >= 4 is 0 Å². The summed E-state index contributed by atoms with van der Waals surface area (Å²) in [5, 5.41) is 12.5. The molecule has 0 amide bonds. The van der Waals surface area contributed by atoms with Gasteiger partial charge in [0, 0.05) is 26.2 Å². The Hall–Kier alpha value is -0.590. The first-order chi connectivity index (χ1) is 6.27. The number of nitrogens with one attached hydrogen (secondary N) is 1. The molecule has 72 valence electrons. The molecule has 2 aliphatic rings. The van der Waals surface area contributed by atoms with Crippen LogP contribution >= 0.6 is 0 Å². The summed E-state index contributed by atoms with van der Waals surface area (Å²) in [6.07, 6.45) is 2.15. The summed E-state index contributed by atoms with van der Waals surface area (Å²) in [4.78, 5) is 2.36. The van der Waals surface area contributed by atoms with Crippen molar-refractivity contribution in [2.75, 3.05) is 26.2 Å². The molecule has 1 N–H and O–H groups in total. The predicted molar refractivity (Wildman–Crippen MR) is 51.2 cm³/mol. The summed E-state index contributed by atoms with van der Waals surface area (Å²) >= 11 is 0. The standard InChI is InChI=1S/C10H17N3/c1-9-6-10(7-9,8-11)13-4-2-12-3-5-13/h9,12H,2-7H2,1H3. The van der Waals surface area contributed by atoms with Gasteiger partial charge in [-0.2, -0.15) is 5.26 Å². The van der Waals surface area contributed by atoms with Gasteiger partial charge in [-0.05, 0) is 18.8 Å². The minimum Gasteiger partial charge on any atom is -0.314 e. The fourth-order valence-electron chi connectivity index (χ4n) is 2.61. The van der Waals surface area contributed by atoms with Crippen LogP contribution < -0.4 is 5.32 Å². The molecule has 1 aliphatic heterocycles. The molecule has 0 spiro atoms. The molecule has 0 aromatic rings. The third-order valence-electron chi connectivity index (χ3n) is 3.30. The first-order valence-electron chi connectivity index (χ1n) is 5.14. The molecule has 1 saturated heterocycles. The maximum absolute atomic E-state index is 9.19. The van der Waals surface area contributed by atoms with Crippen LogP contribution in [-0.4, -0.2) is 36.6 Å². The van der Waals surface area contributed by atoms with Gasteiger partial charge in [0.05, 0.1) is 6.07 Å². The Kier molecular flexibility index (Phi) is 2.27. The van der Waals surface area contributed by atoms with Gasteiger partial charge in [0.2, 0.25) is 0 Å². The summed E-state index contributed by atoms with van der Waals surface area (Å²) in [5.41, 5.74) is -0.0957. The van der Waals surface area contributed by atoms with Gasteiger partial charge in [0.1, 0.15) is 5.54 Å². The molecule has 3 nitrogen and oxygen atoms in total. The molecule has 0 radical (unpaired) electrons. The fraction of sp³-hybridized carbons (Fsp3) is 0.900. The largest absolute Gasteiger partial charge is 0.314 e. The molecule has 0 atom stereocenters. The highest BCUT2D eigenvalue weighted by Gasteiger charge is 2.47. The summed E-state index contributed by atoms with van der Waals surface area (Å²) in [6, 6.07) is 2.51. The molecule has 13 heavy (non-hydrogen) atoms. The first-order valence-corrected chi connectivity index (χ1v) is 5.14. The van der Waals surface area contributed by atoms with E-state index in [0.717, 1.165) is 44.9 Å². The molecule has 2 rings (SSSR count). The zero-order chi connectivity index (χ0) is 9.31. The van der Waals surface area contributed by atoms with Gasteiger partial charge in [-0.1, -0.05) is 6.92 Å². The van der Waals surface area contributed by atoms with Crippen LogP contribution in [0.5, 0.6) is 0 Å². The lowest BCUT2D eigenvalue weighted by Gasteiger charge is -2.50. The van der Waals surface area contributed by atoms with E-state index in [1.165, 1.54) is 0 Å². The van der Waals surface area contributed by atoms with E-state index in [9.17, 15) is 5.26 Å².